The predicted octanol–water partition coefficient (Wildman–Crippen LogP) is 4.70. The summed E-state index contributed by atoms with van der Waals surface area (Å²) in [6.45, 7) is 5.37. The molecule has 0 aliphatic rings. The van der Waals surface area contributed by atoms with Crippen LogP contribution in [-0.2, 0) is 22.7 Å². The fraction of sp³-hybridized carbons (Fsp3) is 0.360. The lowest BCUT2D eigenvalue weighted by Gasteiger charge is -2.21. The number of carbonyl (C=O) groups is 1. The van der Waals surface area contributed by atoms with Crippen molar-refractivity contribution in [3.8, 4) is 17.0 Å². The first-order valence-corrected chi connectivity index (χ1v) is 10.4. The Morgan fingerprint density at radius 2 is 1.88 bits per heavy atom. The van der Waals surface area contributed by atoms with Crippen LogP contribution in [0.3, 0.4) is 0 Å². The van der Waals surface area contributed by atoms with Crippen LogP contribution in [0.15, 0.2) is 48.5 Å². The Morgan fingerprint density at radius 1 is 1.16 bits per heavy atom. The smallest absolute Gasteiger partial charge is 0.161 e. The number of ketones is 1. The van der Waals surface area contributed by atoms with Crippen molar-refractivity contribution in [3.05, 3.63) is 65.6 Å². The molecule has 1 aromatic heterocycles. The molecule has 0 amide bonds. The molecule has 0 atom stereocenters. The second-order valence-corrected chi connectivity index (χ2v) is 8.40. The molecule has 3 aromatic rings. The molecule has 0 unspecified atom stereocenters. The summed E-state index contributed by atoms with van der Waals surface area (Å²) in [5, 5.41) is 4.70. The van der Waals surface area contributed by atoms with E-state index in [0.717, 1.165) is 16.9 Å². The van der Waals surface area contributed by atoms with Crippen LogP contribution in [-0.4, -0.2) is 42.4 Å². The van der Waals surface area contributed by atoms with Gasteiger partial charge < -0.3 is 14.4 Å². The minimum atomic E-state index is -0.913. The summed E-state index contributed by atoms with van der Waals surface area (Å²) in [7, 11) is 5.38. The van der Waals surface area contributed by atoms with Gasteiger partial charge in [0.05, 0.1) is 31.6 Å². The van der Waals surface area contributed by atoms with Crippen molar-refractivity contribution in [2.75, 3.05) is 26.1 Å². The van der Waals surface area contributed by atoms with Gasteiger partial charge in [0.25, 0.3) is 0 Å². The van der Waals surface area contributed by atoms with Gasteiger partial charge in [0.1, 0.15) is 17.2 Å². The van der Waals surface area contributed by atoms with Gasteiger partial charge in [0, 0.05) is 30.9 Å². The summed E-state index contributed by atoms with van der Waals surface area (Å²) in [6, 6.07) is 14.6. The molecule has 6 nitrogen and oxygen atoms in total. The maximum atomic E-state index is 14.8. The third-order valence-electron chi connectivity index (χ3n) is 5.51. The molecule has 0 saturated heterocycles. The second-order valence-electron chi connectivity index (χ2n) is 8.40. The highest BCUT2D eigenvalue weighted by Crippen LogP contribution is 2.29. The number of aromatic nitrogens is 2. The van der Waals surface area contributed by atoms with E-state index in [2.05, 4.69) is 0 Å². The molecule has 0 aliphatic heterocycles. The molecule has 2 aromatic carbocycles. The number of methoxy groups -OCH3 is 1. The van der Waals surface area contributed by atoms with Crippen molar-refractivity contribution in [3.63, 3.8) is 0 Å². The molecule has 0 aliphatic carbocycles. The van der Waals surface area contributed by atoms with Crippen molar-refractivity contribution in [2.24, 2.45) is 0 Å². The molecule has 3 rings (SSSR count). The van der Waals surface area contributed by atoms with Crippen molar-refractivity contribution in [1.82, 2.24) is 9.78 Å². The van der Waals surface area contributed by atoms with Crippen molar-refractivity contribution in [1.29, 1.82) is 0 Å². The number of hydrogen-bond acceptors (Lipinski definition) is 5. The number of benzene rings is 2. The number of ether oxygens (including phenoxy) is 2. The maximum Gasteiger partial charge on any atom is 0.161 e. The maximum absolute atomic E-state index is 14.8. The molecule has 0 saturated carbocycles. The lowest BCUT2D eigenvalue weighted by molar-refractivity contribution is -0.139. The molecule has 0 N–H and O–H groups in total. The van der Waals surface area contributed by atoms with E-state index in [0.29, 0.717) is 17.0 Å². The van der Waals surface area contributed by atoms with E-state index in [-0.39, 0.29) is 24.8 Å². The van der Waals surface area contributed by atoms with Crippen LogP contribution in [0.1, 0.15) is 32.0 Å². The Labute approximate surface area is 188 Å². The average Bonchev–Trinajstić information content (AvgIpc) is 3.16. The van der Waals surface area contributed by atoms with Gasteiger partial charge in [-0.3, -0.25) is 9.48 Å². The largest absolute Gasteiger partial charge is 0.497 e. The van der Waals surface area contributed by atoms with Crippen LogP contribution in [0.5, 0.6) is 5.75 Å². The third-order valence-corrected chi connectivity index (χ3v) is 5.51. The van der Waals surface area contributed by atoms with Gasteiger partial charge in [-0.05, 0) is 51.1 Å². The molecule has 170 valence electrons. The van der Waals surface area contributed by atoms with Crippen LogP contribution < -0.4 is 9.64 Å². The molecule has 0 bridgehead atoms. The fourth-order valence-electron chi connectivity index (χ4n) is 3.30. The first-order chi connectivity index (χ1) is 15.1. The van der Waals surface area contributed by atoms with Gasteiger partial charge >= 0.3 is 0 Å². The van der Waals surface area contributed by atoms with Crippen molar-refractivity contribution >= 4 is 11.5 Å². The first-order valence-electron chi connectivity index (χ1n) is 10.4. The normalized spacial score (nSPS) is 11.5. The number of halogens is 1. The third kappa shape index (κ3) is 5.16. The average molecular weight is 440 g/mol. The zero-order valence-electron chi connectivity index (χ0n) is 19.5. The minimum Gasteiger partial charge on any atom is -0.497 e. The summed E-state index contributed by atoms with van der Waals surface area (Å²) in [6.07, 6.45) is 0. The topological polar surface area (TPSA) is 56.6 Å². The Balaban J connectivity index is 2.04. The lowest BCUT2D eigenvalue weighted by atomic mass is 10.1. The Bertz CT molecular complexity index is 1110. The van der Waals surface area contributed by atoms with E-state index in [1.165, 1.54) is 13.0 Å². The van der Waals surface area contributed by atoms with Crippen molar-refractivity contribution in [2.45, 2.75) is 39.5 Å². The van der Waals surface area contributed by atoms with Gasteiger partial charge in [0.2, 0.25) is 0 Å². The zero-order chi connectivity index (χ0) is 23.5. The molecule has 32 heavy (non-hydrogen) atoms. The summed E-state index contributed by atoms with van der Waals surface area (Å²) in [5.41, 5.74) is 2.75. The van der Waals surface area contributed by atoms with E-state index in [9.17, 15) is 9.18 Å². The highest BCUT2D eigenvalue weighted by Gasteiger charge is 2.25. The van der Waals surface area contributed by atoms with Gasteiger partial charge in [-0.15, -0.1) is 0 Å². The van der Waals surface area contributed by atoms with E-state index in [1.54, 1.807) is 31.7 Å². The zero-order valence-corrected chi connectivity index (χ0v) is 19.5. The quantitative estimate of drug-likeness (QED) is 0.484. The fourth-order valence-corrected chi connectivity index (χ4v) is 3.30. The second kappa shape index (κ2) is 9.53. The molecular formula is C25H30FN3O3. The van der Waals surface area contributed by atoms with Crippen molar-refractivity contribution < 1.29 is 18.7 Å². The Morgan fingerprint density at radius 3 is 2.53 bits per heavy atom. The van der Waals surface area contributed by atoms with E-state index < -0.39 is 5.60 Å². The molecule has 7 heteroatoms. The van der Waals surface area contributed by atoms with Crippen LogP contribution in [0.25, 0.3) is 11.3 Å². The first kappa shape index (κ1) is 23.5. The van der Waals surface area contributed by atoms with Gasteiger partial charge in [-0.1, -0.05) is 18.2 Å². The number of Topliss-reactive ketones (excluding diaryl/α,β-unsaturated/α-hetero) is 1. The Kier molecular flexibility index (Phi) is 6.99. The lowest BCUT2D eigenvalue weighted by Crippen LogP contribution is -2.32. The van der Waals surface area contributed by atoms with E-state index >= 15 is 0 Å². The number of anilines is 1. The minimum absolute atomic E-state index is 0.0630. The van der Waals surface area contributed by atoms with Crippen LogP contribution in [0, 0.1) is 5.82 Å². The highest BCUT2D eigenvalue weighted by atomic mass is 19.1. The summed E-state index contributed by atoms with van der Waals surface area (Å²) in [4.78, 5) is 13.7. The van der Waals surface area contributed by atoms with E-state index in [4.69, 9.17) is 14.6 Å². The predicted molar refractivity (Wildman–Crippen MR) is 124 cm³/mol. The van der Waals surface area contributed by atoms with Gasteiger partial charge in [0.15, 0.2) is 5.78 Å². The number of carbonyl (C=O) groups excluding carboxylic acids is 1. The summed E-state index contributed by atoms with van der Waals surface area (Å²) >= 11 is 0. The molecule has 0 spiro atoms. The molecule has 0 radical (unpaired) electrons. The number of rotatable bonds is 9. The van der Waals surface area contributed by atoms with Crippen LogP contribution in [0.4, 0.5) is 10.1 Å². The number of nitrogens with zero attached hydrogens (tertiary/aromatic N) is 3. The van der Waals surface area contributed by atoms with Gasteiger partial charge in [-0.25, -0.2) is 4.39 Å². The highest BCUT2D eigenvalue weighted by molar-refractivity contribution is 5.83. The molecule has 1 heterocycles. The Hall–Kier alpha value is -3.19. The van der Waals surface area contributed by atoms with Crippen LogP contribution in [0.2, 0.25) is 0 Å². The van der Waals surface area contributed by atoms with Gasteiger partial charge in [-0.2, -0.15) is 5.10 Å². The molecule has 0 fully saturated rings. The van der Waals surface area contributed by atoms with Crippen LogP contribution >= 0.6 is 0 Å². The summed E-state index contributed by atoms with van der Waals surface area (Å²) in [5.74, 6) is 0.358. The SMILES string of the molecule is COc1cccc(-c2cc(COC(C)(C)C(C)=O)nn2Cc2c(F)cccc2N(C)C)c1. The standard InChI is InChI=1S/C25H30FN3O3/c1-17(30)25(2,3)32-16-19-14-24(18-9-7-10-20(13-18)31-6)29(27-19)15-21-22(26)11-8-12-23(21)28(4)5/h7-14H,15-16H2,1-6H3. The van der Waals surface area contributed by atoms with E-state index in [1.807, 2.05) is 55.4 Å². The monoisotopic (exact) mass is 439 g/mol. The molecular weight excluding hydrogens is 409 g/mol. The number of hydrogen-bond donors (Lipinski definition) is 0. The summed E-state index contributed by atoms with van der Waals surface area (Å²) < 4.78 is 27.8.